The van der Waals surface area contributed by atoms with Crippen LogP contribution in [0.4, 0.5) is 14.9 Å². The Labute approximate surface area is 186 Å². The molecule has 1 heterocycles. The second-order valence-corrected chi connectivity index (χ2v) is 11.9. The maximum absolute atomic E-state index is 14.9. The van der Waals surface area contributed by atoms with Gasteiger partial charge in [0.1, 0.15) is 26.7 Å². The standard InChI is InChI=1S/C21H27FN4O3S2/c1-11(2)14-8-13(9-23)17(22)16(12(3)4)18(14)25-20(27)26-31(7,29)15-10-24-19(30-15)21(5,6)28/h8,10-12,28H,1-7H3,(H,25,27)/t31-/m1/s1. The van der Waals surface area contributed by atoms with Gasteiger partial charge in [0.15, 0.2) is 0 Å². The van der Waals surface area contributed by atoms with Gasteiger partial charge in [0.05, 0.1) is 27.2 Å². The number of rotatable bonds is 5. The van der Waals surface area contributed by atoms with Gasteiger partial charge in [0, 0.05) is 11.8 Å². The summed E-state index contributed by atoms with van der Waals surface area (Å²) in [5, 5.41) is 22.3. The van der Waals surface area contributed by atoms with Crippen molar-refractivity contribution in [3.8, 4) is 6.07 Å². The smallest absolute Gasteiger partial charge is 0.353 e. The summed E-state index contributed by atoms with van der Waals surface area (Å²) in [4.78, 5) is 16.8. The zero-order valence-corrected chi connectivity index (χ0v) is 20.2. The average molecular weight is 467 g/mol. The molecular formula is C21H27FN4O3S2. The van der Waals surface area contributed by atoms with Crippen molar-refractivity contribution >= 4 is 32.8 Å². The van der Waals surface area contributed by atoms with Crippen LogP contribution in [-0.4, -0.2) is 26.6 Å². The summed E-state index contributed by atoms with van der Waals surface area (Å²) in [7, 11) is -3.15. The van der Waals surface area contributed by atoms with Crippen molar-refractivity contribution in [1.29, 1.82) is 5.26 Å². The van der Waals surface area contributed by atoms with E-state index in [4.69, 9.17) is 0 Å². The summed E-state index contributed by atoms with van der Waals surface area (Å²) in [5.74, 6) is -1.11. The van der Waals surface area contributed by atoms with E-state index in [1.54, 1.807) is 27.7 Å². The second kappa shape index (κ2) is 9.02. The highest BCUT2D eigenvalue weighted by Crippen LogP contribution is 2.36. The first-order valence-electron chi connectivity index (χ1n) is 9.67. The van der Waals surface area contributed by atoms with Crippen LogP contribution in [-0.2, 0) is 15.3 Å². The lowest BCUT2D eigenvalue weighted by Gasteiger charge is -2.21. The number of urea groups is 1. The van der Waals surface area contributed by atoms with Crippen LogP contribution in [0.1, 0.15) is 75.1 Å². The summed E-state index contributed by atoms with van der Waals surface area (Å²) in [6.07, 6.45) is 2.64. The van der Waals surface area contributed by atoms with Crippen LogP contribution in [0.3, 0.4) is 0 Å². The molecule has 0 radical (unpaired) electrons. The average Bonchev–Trinajstić information content (AvgIpc) is 3.12. The van der Waals surface area contributed by atoms with Crippen LogP contribution in [0.25, 0.3) is 0 Å². The van der Waals surface area contributed by atoms with Crippen LogP contribution < -0.4 is 5.32 Å². The van der Waals surface area contributed by atoms with Crippen molar-refractivity contribution in [2.24, 2.45) is 4.36 Å². The van der Waals surface area contributed by atoms with Crippen LogP contribution in [0.2, 0.25) is 0 Å². The fourth-order valence-corrected chi connectivity index (χ4v) is 5.29. The third-order valence-corrected chi connectivity index (χ3v) is 8.17. The van der Waals surface area contributed by atoms with Crippen LogP contribution in [0.5, 0.6) is 0 Å². The number of amides is 2. The molecule has 0 spiro atoms. The molecule has 2 N–H and O–H groups in total. The van der Waals surface area contributed by atoms with Gasteiger partial charge in [0.2, 0.25) is 0 Å². The minimum atomic E-state index is -3.15. The van der Waals surface area contributed by atoms with E-state index < -0.39 is 27.2 Å². The maximum atomic E-state index is 14.9. The van der Waals surface area contributed by atoms with E-state index in [0.717, 1.165) is 11.3 Å². The van der Waals surface area contributed by atoms with Gasteiger partial charge < -0.3 is 10.4 Å². The normalized spacial score (nSPS) is 13.7. The third-order valence-electron chi connectivity index (χ3n) is 4.52. The monoisotopic (exact) mass is 466 g/mol. The molecule has 0 bridgehead atoms. The molecule has 7 nitrogen and oxygen atoms in total. The van der Waals surface area contributed by atoms with Gasteiger partial charge in [-0.15, -0.1) is 15.7 Å². The summed E-state index contributed by atoms with van der Waals surface area (Å²) in [6.45, 7) is 10.4. The van der Waals surface area contributed by atoms with Crippen molar-refractivity contribution in [1.82, 2.24) is 4.98 Å². The molecule has 2 amide bonds. The second-order valence-electron chi connectivity index (χ2n) is 8.40. The summed E-state index contributed by atoms with van der Waals surface area (Å²) in [6, 6.07) is 2.39. The SMILES string of the molecule is CC(C)c1cc(C#N)c(F)c(C(C)C)c1NC(=O)N=[S@](C)(=O)c1cnc(C(C)(C)O)s1. The van der Waals surface area contributed by atoms with Gasteiger partial charge in [-0.3, -0.25) is 0 Å². The van der Waals surface area contributed by atoms with E-state index in [0.29, 0.717) is 10.6 Å². The lowest BCUT2D eigenvalue weighted by molar-refractivity contribution is 0.0783. The molecule has 2 rings (SSSR count). The fraction of sp³-hybridized carbons (Fsp3) is 0.476. The highest BCUT2D eigenvalue weighted by molar-refractivity contribution is 7.95. The Kier molecular flexibility index (Phi) is 7.25. The lowest BCUT2D eigenvalue weighted by atomic mass is 9.90. The molecule has 0 aliphatic carbocycles. The number of benzene rings is 1. The van der Waals surface area contributed by atoms with Gasteiger partial charge in [-0.2, -0.15) is 5.26 Å². The third kappa shape index (κ3) is 5.47. The van der Waals surface area contributed by atoms with Crippen molar-refractivity contribution in [2.45, 2.75) is 63.2 Å². The van der Waals surface area contributed by atoms with E-state index in [-0.39, 0.29) is 32.9 Å². The van der Waals surface area contributed by atoms with Gasteiger partial charge >= 0.3 is 6.03 Å². The van der Waals surface area contributed by atoms with Crippen LogP contribution >= 0.6 is 11.3 Å². The zero-order chi connectivity index (χ0) is 23.7. The molecule has 10 heteroatoms. The first kappa shape index (κ1) is 24.9. The number of anilines is 1. The lowest BCUT2D eigenvalue weighted by Crippen LogP contribution is -2.16. The topological polar surface area (TPSA) is 115 Å². The molecule has 0 aliphatic rings. The maximum Gasteiger partial charge on any atom is 0.353 e. The number of aromatic nitrogens is 1. The molecular weight excluding hydrogens is 439 g/mol. The number of nitrogens with one attached hydrogen (secondary N) is 1. The van der Waals surface area contributed by atoms with Crippen LogP contribution in [0.15, 0.2) is 20.8 Å². The summed E-state index contributed by atoms with van der Waals surface area (Å²) in [5.41, 5.74) is -0.262. The first-order valence-corrected chi connectivity index (χ1v) is 12.4. The number of carbonyl (C=O) groups is 1. The predicted molar refractivity (Wildman–Crippen MR) is 120 cm³/mol. The van der Waals surface area contributed by atoms with E-state index >= 15 is 0 Å². The first-order chi connectivity index (χ1) is 14.2. The molecule has 0 unspecified atom stereocenters. The number of thiazole rings is 1. The molecule has 168 valence electrons. The number of hydrogen-bond donors (Lipinski definition) is 2. The number of halogens is 1. The molecule has 31 heavy (non-hydrogen) atoms. The molecule has 1 atom stereocenters. The Morgan fingerprint density at radius 2 is 1.97 bits per heavy atom. The summed E-state index contributed by atoms with van der Waals surface area (Å²) >= 11 is 1.01. The van der Waals surface area contributed by atoms with Gasteiger partial charge in [-0.1, -0.05) is 27.7 Å². The minimum absolute atomic E-state index is 0.0922. The number of nitrogens with zero attached hydrogens (tertiary/aromatic N) is 3. The van der Waals surface area contributed by atoms with Gasteiger partial charge in [-0.05, 0) is 37.3 Å². The Hall–Kier alpha value is -2.35. The largest absolute Gasteiger partial charge is 0.383 e. The quantitative estimate of drug-likeness (QED) is 0.619. The van der Waals surface area contributed by atoms with Crippen molar-refractivity contribution < 1.29 is 18.5 Å². The fourth-order valence-electron chi connectivity index (χ4n) is 2.97. The molecule has 1 aromatic heterocycles. The van der Waals surface area contributed by atoms with Gasteiger partial charge in [0.25, 0.3) is 0 Å². The van der Waals surface area contributed by atoms with Crippen molar-refractivity contribution in [2.75, 3.05) is 11.6 Å². The van der Waals surface area contributed by atoms with Crippen molar-refractivity contribution in [3.63, 3.8) is 0 Å². The number of nitriles is 1. The predicted octanol–water partition coefficient (Wildman–Crippen LogP) is 5.32. The van der Waals surface area contributed by atoms with Gasteiger partial charge in [-0.25, -0.2) is 18.4 Å². The summed E-state index contributed by atoms with van der Waals surface area (Å²) < 4.78 is 32.1. The molecule has 1 aromatic carbocycles. The Balaban J connectivity index is 2.54. The Morgan fingerprint density at radius 1 is 1.35 bits per heavy atom. The van der Waals surface area contributed by atoms with E-state index in [9.17, 15) is 23.8 Å². The number of aliphatic hydroxyl groups is 1. The molecule has 0 saturated heterocycles. The highest BCUT2D eigenvalue weighted by atomic mass is 32.2. The van der Waals surface area contributed by atoms with E-state index in [2.05, 4.69) is 14.7 Å². The Bertz CT molecular complexity index is 1160. The Morgan fingerprint density at radius 3 is 2.42 bits per heavy atom. The number of carbonyl (C=O) groups excluding carboxylic acids is 1. The zero-order valence-electron chi connectivity index (χ0n) is 18.6. The molecule has 0 fully saturated rings. The molecule has 0 saturated carbocycles. The van der Waals surface area contributed by atoms with E-state index in [1.165, 1.54) is 18.5 Å². The highest BCUT2D eigenvalue weighted by Gasteiger charge is 2.25. The molecule has 0 aliphatic heterocycles. The molecule has 2 aromatic rings. The number of hydrogen-bond acceptors (Lipinski definition) is 6. The van der Waals surface area contributed by atoms with E-state index in [1.807, 2.05) is 19.9 Å². The van der Waals surface area contributed by atoms with Crippen LogP contribution in [0, 0.1) is 17.1 Å². The van der Waals surface area contributed by atoms with Crippen molar-refractivity contribution in [3.05, 3.63) is 39.8 Å². The minimum Gasteiger partial charge on any atom is -0.383 e.